The Morgan fingerprint density at radius 3 is 2.93 bits per heavy atom. The van der Waals surface area contributed by atoms with E-state index in [1.807, 2.05) is 0 Å². The van der Waals surface area contributed by atoms with E-state index < -0.39 is 0 Å². The minimum absolute atomic E-state index is 0.202. The first-order valence-electron chi connectivity index (χ1n) is 4.84. The van der Waals surface area contributed by atoms with Crippen LogP contribution >= 0.6 is 11.6 Å². The molecule has 0 aliphatic heterocycles. The molecular weight excluding hydrogens is 201 g/mol. The topological polar surface area (TPSA) is 12.0 Å². The lowest BCUT2D eigenvalue weighted by Gasteiger charge is -2.05. The Labute approximate surface area is 88.3 Å². The molecule has 1 aromatic rings. The van der Waals surface area contributed by atoms with Gasteiger partial charge in [-0.3, -0.25) is 0 Å². The molecule has 0 amide bonds. The summed E-state index contributed by atoms with van der Waals surface area (Å²) in [6, 6.07) is 5.67. The van der Waals surface area contributed by atoms with Gasteiger partial charge in [0.1, 0.15) is 5.82 Å². The van der Waals surface area contributed by atoms with Crippen molar-refractivity contribution >= 4 is 11.6 Å². The van der Waals surface area contributed by atoms with Crippen LogP contribution in [0.1, 0.15) is 18.9 Å². The van der Waals surface area contributed by atoms with Crippen LogP contribution in [0.4, 0.5) is 4.39 Å². The highest BCUT2D eigenvalue weighted by Gasteiger charge is 2.31. The smallest absolute Gasteiger partial charge is 0.146 e. The number of benzene rings is 1. The van der Waals surface area contributed by atoms with E-state index in [2.05, 4.69) is 12.2 Å². The minimum atomic E-state index is -0.296. The van der Waals surface area contributed by atoms with Crippen LogP contribution in [-0.2, 0) is 6.54 Å². The number of nitrogens with one attached hydrogen (secondary N) is 1. The quantitative estimate of drug-likeness (QED) is 0.814. The third-order valence-electron chi connectivity index (χ3n) is 2.70. The van der Waals surface area contributed by atoms with Gasteiger partial charge in [0.25, 0.3) is 0 Å². The molecule has 0 heterocycles. The van der Waals surface area contributed by atoms with E-state index in [-0.39, 0.29) is 10.8 Å². The first-order chi connectivity index (χ1) is 6.68. The largest absolute Gasteiger partial charge is 0.310 e. The van der Waals surface area contributed by atoms with E-state index in [0.29, 0.717) is 18.2 Å². The van der Waals surface area contributed by atoms with E-state index in [0.717, 1.165) is 5.92 Å². The highest BCUT2D eigenvalue weighted by atomic mass is 35.5. The maximum absolute atomic E-state index is 13.4. The van der Waals surface area contributed by atoms with E-state index in [4.69, 9.17) is 11.6 Å². The summed E-state index contributed by atoms with van der Waals surface area (Å²) in [7, 11) is 0. The van der Waals surface area contributed by atoms with Gasteiger partial charge < -0.3 is 5.32 Å². The Balaban J connectivity index is 1.98. The summed E-state index contributed by atoms with van der Waals surface area (Å²) in [6.07, 6.45) is 1.20. The molecule has 1 fully saturated rings. The van der Waals surface area contributed by atoms with Crippen LogP contribution in [0.15, 0.2) is 18.2 Å². The highest BCUT2D eigenvalue weighted by molar-refractivity contribution is 6.30. The predicted molar refractivity (Wildman–Crippen MR) is 55.8 cm³/mol. The van der Waals surface area contributed by atoms with Crippen molar-refractivity contribution in [3.8, 4) is 0 Å². The average Bonchev–Trinajstić information content (AvgIpc) is 2.85. The Morgan fingerprint density at radius 2 is 2.29 bits per heavy atom. The van der Waals surface area contributed by atoms with Crippen LogP contribution in [-0.4, -0.2) is 6.04 Å². The molecule has 1 N–H and O–H groups in total. The standard InChI is InChI=1S/C11H13ClFN/c1-7-5-10(7)14-6-8-3-2-4-9(12)11(8)13/h2-4,7,10,14H,5-6H2,1H3. The SMILES string of the molecule is CC1CC1NCc1cccc(Cl)c1F. The zero-order valence-corrected chi connectivity index (χ0v) is 8.81. The van der Waals surface area contributed by atoms with Crippen molar-refractivity contribution in [2.75, 3.05) is 0 Å². The molecule has 0 saturated heterocycles. The summed E-state index contributed by atoms with van der Waals surface area (Å²) in [5, 5.41) is 3.49. The summed E-state index contributed by atoms with van der Waals surface area (Å²) >= 11 is 5.67. The van der Waals surface area contributed by atoms with Crippen LogP contribution in [0.2, 0.25) is 5.02 Å². The Hall–Kier alpha value is -0.600. The molecule has 3 heteroatoms. The van der Waals surface area contributed by atoms with Gasteiger partial charge >= 0.3 is 0 Å². The van der Waals surface area contributed by atoms with Crippen LogP contribution in [0.25, 0.3) is 0 Å². The second kappa shape index (κ2) is 3.87. The minimum Gasteiger partial charge on any atom is -0.310 e. The molecule has 14 heavy (non-hydrogen) atoms. The molecule has 76 valence electrons. The normalized spacial score (nSPS) is 25.1. The Bertz CT molecular complexity index is 340. The van der Waals surface area contributed by atoms with Gasteiger partial charge in [-0.15, -0.1) is 0 Å². The Morgan fingerprint density at radius 1 is 1.57 bits per heavy atom. The predicted octanol–water partition coefficient (Wildman–Crippen LogP) is 2.98. The van der Waals surface area contributed by atoms with Crippen LogP contribution in [0, 0.1) is 11.7 Å². The van der Waals surface area contributed by atoms with Crippen molar-refractivity contribution in [1.29, 1.82) is 0 Å². The van der Waals surface area contributed by atoms with Crippen LogP contribution in [0.5, 0.6) is 0 Å². The van der Waals surface area contributed by atoms with Crippen molar-refractivity contribution in [2.45, 2.75) is 25.9 Å². The monoisotopic (exact) mass is 213 g/mol. The molecule has 1 nitrogen and oxygen atoms in total. The lowest BCUT2D eigenvalue weighted by Crippen LogP contribution is -2.17. The second-order valence-electron chi connectivity index (χ2n) is 3.91. The third-order valence-corrected chi connectivity index (χ3v) is 2.99. The van der Waals surface area contributed by atoms with Gasteiger partial charge in [-0.1, -0.05) is 30.7 Å². The molecule has 0 aromatic heterocycles. The number of hydrogen-bond acceptors (Lipinski definition) is 1. The molecule has 2 rings (SSSR count). The zero-order valence-electron chi connectivity index (χ0n) is 8.06. The summed E-state index contributed by atoms with van der Waals surface area (Å²) < 4.78 is 13.4. The van der Waals surface area contributed by atoms with E-state index >= 15 is 0 Å². The summed E-state index contributed by atoms with van der Waals surface area (Å²) in [5.41, 5.74) is 0.650. The molecule has 0 radical (unpaired) electrons. The van der Waals surface area contributed by atoms with Crippen molar-refractivity contribution in [3.05, 3.63) is 34.6 Å². The molecular formula is C11H13ClFN. The van der Waals surface area contributed by atoms with Gasteiger partial charge in [-0.25, -0.2) is 4.39 Å². The van der Waals surface area contributed by atoms with E-state index in [9.17, 15) is 4.39 Å². The van der Waals surface area contributed by atoms with Gasteiger partial charge in [-0.2, -0.15) is 0 Å². The average molecular weight is 214 g/mol. The number of hydrogen-bond donors (Lipinski definition) is 1. The summed E-state index contributed by atoms with van der Waals surface area (Å²) in [5.74, 6) is 0.437. The maximum Gasteiger partial charge on any atom is 0.146 e. The highest BCUT2D eigenvalue weighted by Crippen LogP contribution is 2.29. The van der Waals surface area contributed by atoms with E-state index in [1.54, 1.807) is 18.2 Å². The van der Waals surface area contributed by atoms with Crippen molar-refractivity contribution < 1.29 is 4.39 Å². The molecule has 2 atom stereocenters. The summed E-state index contributed by atoms with van der Waals surface area (Å²) in [4.78, 5) is 0. The third kappa shape index (κ3) is 2.07. The van der Waals surface area contributed by atoms with Gasteiger partial charge in [-0.05, 0) is 18.4 Å². The fourth-order valence-corrected chi connectivity index (χ4v) is 1.73. The van der Waals surface area contributed by atoms with Gasteiger partial charge in [0.15, 0.2) is 0 Å². The first-order valence-corrected chi connectivity index (χ1v) is 5.22. The van der Waals surface area contributed by atoms with Crippen LogP contribution < -0.4 is 5.32 Å². The second-order valence-corrected chi connectivity index (χ2v) is 4.32. The zero-order chi connectivity index (χ0) is 10.1. The molecule has 1 aliphatic rings. The van der Waals surface area contributed by atoms with Crippen molar-refractivity contribution in [2.24, 2.45) is 5.92 Å². The fourth-order valence-electron chi connectivity index (χ4n) is 1.53. The molecule has 1 aliphatic carbocycles. The summed E-state index contributed by atoms with van der Waals surface area (Å²) in [6.45, 7) is 2.76. The fraction of sp³-hybridized carbons (Fsp3) is 0.455. The number of rotatable bonds is 3. The van der Waals surface area contributed by atoms with E-state index in [1.165, 1.54) is 6.42 Å². The van der Waals surface area contributed by atoms with Crippen LogP contribution in [0.3, 0.4) is 0 Å². The van der Waals surface area contributed by atoms with Crippen molar-refractivity contribution in [1.82, 2.24) is 5.32 Å². The molecule has 0 bridgehead atoms. The lowest BCUT2D eigenvalue weighted by atomic mass is 10.2. The molecule has 1 saturated carbocycles. The number of halogens is 2. The van der Waals surface area contributed by atoms with Gasteiger partial charge in [0, 0.05) is 18.2 Å². The lowest BCUT2D eigenvalue weighted by molar-refractivity contribution is 0.580. The molecule has 2 unspecified atom stereocenters. The maximum atomic E-state index is 13.4. The molecule has 0 spiro atoms. The molecule has 1 aromatic carbocycles. The van der Waals surface area contributed by atoms with Crippen molar-refractivity contribution in [3.63, 3.8) is 0 Å². The van der Waals surface area contributed by atoms with Gasteiger partial charge in [0.2, 0.25) is 0 Å². The first kappa shape index (κ1) is 9.94. The Kier molecular flexibility index (Phi) is 2.75. The van der Waals surface area contributed by atoms with Gasteiger partial charge in [0.05, 0.1) is 5.02 Å².